The molecule has 23 heavy (non-hydrogen) atoms. The van der Waals surface area contributed by atoms with Crippen molar-refractivity contribution in [3.8, 4) is 11.5 Å². The molecule has 0 aromatic heterocycles. The zero-order valence-corrected chi connectivity index (χ0v) is 13.5. The summed E-state index contributed by atoms with van der Waals surface area (Å²) in [5.41, 5.74) is 3.45. The number of carboxylic acids is 1. The highest BCUT2D eigenvalue weighted by atomic mass is 16.5. The van der Waals surface area contributed by atoms with Gasteiger partial charge in [-0.1, -0.05) is 18.2 Å². The minimum Gasteiger partial charge on any atom is -0.490 e. The Labute approximate surface area is 136 Å². The van der Waals surface area contributed by atoms with Crippen LogP contribution >= 0.6 is 0 Å². The molecule has 0 aliphatic rings. The second-order valence-corrected chi connectivity index (χ2v) is 5.48. The van der Waals surface area contributed by atoms with Gasteiger partial charge in [0.15, 0.2) is 0 Å². The maximum atomic E-state index is 10.5. The molecule has 0 aliphatic heterocycles. The number of ether oxygens (including phenoxy) is 2. The van der Waals surface area contributed by atoms with Crippen LogP contribution in [0.2, 0.25) is 0 Å². The molecule has 0 saturated heterocycles. The minimum absolute atomic E-state index is 0.143. The molecule has 0 spiro atoms. The normalized spacial score (nSPS) is 10.3. The van der Waals surface area contributed by atoms with Crippen molar-refractivity contribution in [2.24, 2.45) is 0 Å². The van der Waals surface area contributed by atoms with E-state index in [1.54, 1.807) is 0 Å². The highest BCUT2D eigenvalue weighted by Crippen LogP contribution is 2.17. The molecular weight excluding hydrogens is 292 g/mol. The van der Waals surface area contributed by atoms with Gasteiger partial charge < -0.3 is 14.6 Å². The van der Waals surface area contributed by atoms with Crippen molar-refractivity contribution in [1.82, 2.24) is 0 Å². The number of carboxylic acid groups (broad SMARTS) is 1. The van der Waals surface area contributed by atoms with Crippen LogP contribution in [0.15, 0.2) is 42.5 Å². The molecule has 0 bridgehead atoms. The van der Waals surface area contributed by atoms with Crippen molar-refractivity contribution in [2.75, 3.05) is 13.2 Å². The largest absolute Gasteiger partial charge is 0.490 e. The Morgan fingerprint density at radius 3 is 2.13 bits per heavy atom. The third-order valence-corrected chi connectivity index (χ3v) is 3.65. The lowest BCUT2D eigenvalue weighted by Gasteiger charge is -2.10. The Kier molecular flexibility index (Phi) is 6.03. The van der Waals surface area contributed by atoms with E-state index >= 15 is 0 Å². The average Bonchev–Trinajstić information content (AvgIpc) is 2.54. The third kappa shape index (κ3) is 5.66. The second kappa shape index (κ2) is 8.22. The Morgan fingerprint density at radius 1 is 0.913 bits per heavy atom. The lowest BCUT2D eigenvalue weighted by atomic mass is 10.1. The van der Waals surface area contributed by atoms with Crippen LogP contribution < -0.4 is 9.47 Å². The standard InChI is InChI=1S/C19H22O4/c1-14-3-7-18(13-15(14)2)23-12-11-22-17-8-4-16(5-9-17)6-10-19(20)21/h3-5,7-9,13H,6,10-12H2,1-2H3,(H,20,21). The molecule has 0 atom stereocenters. The van der Waals surface area contributed by atoms with Gasteiger partial charge in [0.25, 0.3) is 0 Å². The molecule has 2 rings (SSSR count). The van der Waals surface area contributed by atoms with Crippen LogP contribution in [-0.4, -0.2) is 24.3 Å². The van der Waals surface area contributed by atoms with Gasteiger partial charge in [0.2, 0.25) is 0 Å². The first-order chi connectivity index (χ1) is 11.0. The van der Waals surface area contributed by atoms with Crippen molar-refractivity contribution >= 4 is 5.97 Å². The Bertz CT molecular complexity index is 647. The maximum Gasteiger partial charge on any atom is 0.303 e. The van der Waals surface area contributed by atoms with Crippen molar-refractivity contribution in [3.05, 3.63) is 59.2 Å². The van der Waals surface area contributed by atoms with Gasteiger partial charge in [-0.3, -0.25) is 4.79 Å². The maximum absolute atomic E-state index is 10.5. The van der Waals surface area contributed by atoms with E-state index in [9.17, 15) is 4.79 Å². The van der Waals surface area contributed by atoms with E-state index in [4.69, 9.17) is 14.6 Å². The van der Waals surface area contributed by atoms with Gasteiger partial charge in [-0.2, -0.15) is 0 Å². The number of hydrogen-bond acceptors (Lipinski definition) is 3. The summed E-state index contributed by atoms with van der Waals surface area (Å²) in [5, 5.41) is 8.66. The number of hydrogen-bond donors (Lipinski definition) is 1. The molecule has 2 aromatic carbocycles. The lowest BCUT2D eigenvalue weighted by molar-refractivity contribution is -0.136. The topological polar surface area (TPSA) is 55.8 Å². The van der Waals surface area contributed by atoms with Gasteiger partial charge in [-0.25, -0.2) is 0 Å². The SMILES string of the molecule is Cc1ccc(OCCOc2ccc(CCC(=O)O)cc2)cc1C. The van der Waals surface area contributed by atoms with Gasteiger partial charge in [0.05, 0.1) is 0 Å². The molecule has 0 amide bonds. The van der Waals surface area contributed by atoms with E-state index in [1.807, 2.05) is 42.5 Å². The fourth-order valence-electron chi connectivity index (χ4n) is 2.13. The van der Waals surface area contributed by atoms with E-state index in [0.717, 1.165) is 17.1 Å². The fraction of sp³-hybridized carbons (Fsp3) is 0.316. The summed E-state index contributed by atoms with van der Waals surface area (Å²) in [5.74, 6) is 0.822. The highest BCUT2D eigenvalue weighted by molar-refractivity contribution is 5.67. The molecule has 1 N–H and O–H groups in total. The van der Waals surface area contributed by atoms with Crippen LogP contribution in [-0.2, 0) is 11.2 Å². The molecule has 0 fully saturated rings. The van der Waals surface area contributed by atoms with Crippen LogP contribution in [0.5, 0.6) is 11.5 Å². The average molecular weight is 314 g/mol. The first-order valence-corrected chi connectivity index (χ1v) is 7.68. The second-order valence-electron chi connectivity index (χ2n) is 5.48. The van der Waals surface area contributed by atoms with Crippen molar-refractivity contribution in [1.29, 1.82) is 0 Å². The Balaban J connectivity index is 1.73. The fourth-order valence-corrected chi connectivity index (χ4v) is 2.13. The summed E-state index contributed by atoms with van der Waals surface area (Å²) in [6, 6.07) is 13.5. The molecule has 0 radical (unpaired) electrons. The predicted octanol–water partition coefficient (Wildman–Crippen LogP) is 3.78. The number of rotatable bonds is 8. The first-order valence-electron chi connectivity index (χ1n) is 7.68. The summed E-state index contributed by atoms with van der Waals surface area (Å²) in [6.45, 7) is 5.07. The Morgan fingerprint density at radius 2 is 1.52 bits per heavy atom. The quantitative estimate of drug-likeness (QED) is 0.753. The van der Waals surface area contributed by atoms with E-state index < -0.39 is 5.97 Å². The van der Waals surface area contributed by atoms with Gasteiger partial charge in [0, 0.05) is 6.42 Å². The molecule has 0 saturated carbocycles. The molecule has 0 unspecified atom stereocenters. The molecule has 0 aliphatic carbocycles. The Hall–Kier alpha value is -2.49. The summed E-state index contributed by atoms with van der Waals surface area (Å²) in [7, 11) is 0. The predicted molar refractivity (Wildman–Crippen MR) is 89.3 cm³/mol. The van der Waals surface area contributed by atoms with Crippen LogP contribution in [0, 0.1) is 13.8 Å². The van der Waals surface area contributed by atoms with Crippen LogP contribution in [0.1, 0.15) is 23.1 Å². The van der Waals surface area contributed by atoms with Gasteiger partial charge in [-0.05, 0) is 61.2 Å². The molecule has 122 valence electrons. The number of benzene rings is 2. The number of aliphatic carboxylic acids is 1. The minimum atomic E-state index is -0.784. The van der Waals surface area contributed by atoms with Gasteiger partial charge in [0.1, 0.15) is 24.7 Å². The molecule has 4 nitrogen and oxygen atoms in total. The highest BCUT2D eigenvalue weighted by Gasteiger charge is 2.01. The van der Waals surface area contributed by atoms with Crippen LogP contribution in [0.25, 0.3) is 0 Å². The van der Waals surface area contributed by atoms with Crippen molar-refractivity contribution in [2.45, 2.75) is 26.7 Å². The molecule has 4 heteroatoms. The van der Waals surface area contributed by atoms with Crippen molar-refractivity contribution < 1.29 is 19.4 Å². The summed E-state index contributed by atoms with van der Waals surface area (Å²) >= 11 is 0. The van der Waals surface area contributed by atoms with Gasteiger partial charge in [-0.15, -0.1) is 0 Å². The zero-order chi connectivity index (χ0) is 16.7. The van der Waals surface area contributed by atoms with Crippen molar-refractivity contribution in [3.63, 3.8) is 0 Å². The molecular formula is C19H22O4. The van der Waals surface area contributed by atoms with Crippen LogP contribution in [0.4, 0.5) is 0 Å². The lowest BCUT2D eigenvalue weighted by Crippen LogP contribution is -2.09. The molecule has 2 aromatic rings. The first kappa shape index (κ1) is 16.9. The van der Waals surface area contributed by atoms with E-state index in [0.29, 0.717) is 19.6 Å². The van der Waals surface area contributed by atoms with E-state index in [1.165, 1.54) is 11.1 Å². The van der Waals surface area contributed by atoms with Gasteiger partial charge >= 0.3 is 5.97 Å². The number of carbonyl (C=O) groups is 1. The van der Waals surface area contributed by atoms with Crippen LogP contribution in [0.3, 0.4) is 0 Å². The third-order valence-electron chi connectivity index (χ3n) is 3.65. The monoisotopic (exact) mass is 314 g/mol. The number of aryl methyl sites for hydroxylation is 3. The smallest absolute Gasteiger partial charge is 0.303 e. The van der Waals surface area contributed by atoms with E-state index in [-0.39, 0.29) is 6.42 Å². The van der Waals surface area contributed by atoms with E-state index in [2.05, 4.69) is 13.8 Å². The molecule has 0 heterocycles. The summed E-state index contributed by atoms with van der Waals surface area (Å²) in [6.07, 6.45) is 0.676. The zero-order valence-electron chi connectivity index (χ0n) is 13.5. The summed E-state index contributed by atoms with van der Waals surface area (Å²) < 4.78 is 11.3. The summed E-state index contributed by atoms with van der Waals surface area (Å²) in [4.78, 5) is 10.5.